The lowest BCUT2D eigenvalue weighted by Gasteiger charge is -2.32. The third kappa shape index (κ3) is 2.22. The number of halogens is 3. The minimum Gasteiger partial charge on any atom is -0.399 e. The van der Waals surface area contributed by atoms with Crippen LogP contribution >= 0.6 is 27.5 Å². The lowest BCUT2D eigenvalue weighted by molar-refractivity contribution is 0.00578. The molecule has 18 heavy (non-hydrogen) atoms. The fourth-order valence-corrected chi connectivity index (χ4v) is 2.30. The second kappa shape index (κ2) is 4.48. The normalized spacial score (nSPS) is 21.4. The molecule has 0 unspecified atom stereocenters. The molecule has 1 aliphatic heterocycles. The molecule has 0 saturated carbocycles. The van der Waals surface area contributed by atoms with Crippen molar-refractivity contribution in [2.45, 2.75) is 38.9 Å². The first-order valence-electron chi connectivity index (χ1n) is 5.65. The van der Waals surface area contributed by atoms with Crippen molar-refractivity contribution in [2.24, 2.45) is 0 Å². The molecule has 0 bridgehead atoms. The first kappa shape index (κ1) is 14.3. The minimum atomic E-state index is -0.792. The summed E-state index contributed by atoms with van der Waals surface area (Å²) in [4.78, 5) is 0. The van der Waals surface area contributed by atoms with E-state index in [1.165, 1.54) is 0 Å². The fraction of sp³-hybridized carbons (Fsp3) is 0.500. The molecule has 1 heterocycles. The molecule has 1 aromatic rings. The number of hydrogen-bond acceptors (Lipinski definition) is 2. The Bertz CT molecular complexity index is 477. The highest BCUT2D eigenvalue weighted by Crippen LogP contribution is 2.37. The Balaban J connectivity index is 2.44. The molecule has 1 saturated heterocycles. The molecular formula is C12H14BBrClFO2. The van der Waals surface area contributed by atoms with Crippen LogP contribution in [-0.4, -0.2) is 18.3 Å². The predicted molar refractivity (Wildman–Crippen MR) is 74.8 cm³/mol. The molecule has 0 aliphatic carbocycles. The van der Waals surface area contributed by atoms with E-state index in [-0.39, 0.29) is 5.46 Å². The van der Waals surface area contributed by atoms with Gasteiger partial charge in [0, 0.05) is 10.5 Å². The van der Waals surface area contributed by atoms with Gasteiger partial charge in [0.15, 0.2) is 0 Å². The molecule has 1 fully saturated rings. The Morgan fingerprint density at radius 3 is 2.17 bits per heavy atom. The minimum absolute atomic E-state index is 0.240. The molecule has 0 amide bonds. The molecule has 0 N–H and O–H groups in total. The molecule has 6 heteroatoms. The van der Waals surface area contributed by atoms with E-state index in [1.54, 1.807) is 12.1 Å². The van der Waals surface area contributed by atoms with Crippen molar-refractivity contribution in [3.8, 4) is 0 Å². The molecule has 0 spiro atoms. The molecule has 0 aromatic heterocycles. The van der Waals surface area contributed by atoms with Crippen molar-refractivity contribution < 1.29 is 13.7 Å². The number of hydrogen-bond donors (Lipinski definition) is 0. The van der Waals surface area contributed by atoms with E-state index in [4.69, 9.17) is 20.9 Å². The van der Waals surface area contributed by atoms with Gasteiger partial charge in [-0.3, -0.25) is 0 Å². The zero-order chi connectivity index (χ0) is 13.7. The second-order valence-electron chi connectivity index (χ2n) is 5.35. The van der Waals surface area contributed by atoms with Crippen LogP contribution < -0.4 is 5.46 Å². The molecule has 1 aliphatic rings. The lowest BCUT2D eigenvalue weighted by atomic mass is 9.78. The van der Waals surface area contributed by atoms with Crippen LogP contribution in [0.2, 0.25) is 5.02 Å². The number of benzene rings is 1. The predicted octanol–water partition coefficient (Wildman–Crippen LogP) is 3.54. The van der Waals surface area contributed by atoms with Crippen molar-refractivity contribution in [1.29, 1.82) is 0 Å². The van der Waals surface area contributed by atoms with E-state index < -0.39 is 24.1 Å². The van der Waals surface area contributed by atoms with E-state index in [2.05, 4.69) is 15.9 Å². The molecule has 98 valence electrons. The van der Waals surface area contributed by atoms with E-state index in [9.17, 15) is 4.39 Å². The average molecular weight is 335 g/mol. The summed E-state index contributed by atoms with van der Waals surface area (Å²) in [7, 11) is -0.792. The van der Waals surface area contributed by atoms with Crippen molar-refractivity contribution in [2.75, 3.05) is 0 Å². The summed E-state index contributed by atoms with van der Waals surface area (Å²) in [6.07, 6.45) is 0. The Morgan fingerprint density at radius 2 is 1.67 bits per heavy atom. The summed E-state index contributed by atoms with van der Waals surface area (Å²) >= 11 is 9.19. The van der Waals surface area contributed by atoms with Gasteiger partial charge in [-0.15, -0.1) is 0 Å². The zero-order valence-electron chi connectivity index (χ0n) is 10.7. The maximum atomic E-state index is 14.1. The Morgan fingerprint density at radius 1 is 1.17 bits per heavy atom. The average Bonchev–Trinajstić information content (AvgIpc) is 2.43. The highest BCUT2D eigenvalue weighted by Gasteiger charge is 2.53. The maximum Gasteiger partial charge on any atom is 0.499 e. The van der Waals surface area contributed by atoms with Crippen LogP contribution in [0.15, 0.2) is 16.6 Å². The van der Waals surface area contributed by atoms with Gasteiger partial charge >= 0.3 is 7.12 Å². The van der Waals surface area contributed by atoms with E-state index in [0.717, 1.165) is 0 Å². The van der Waals surface area contributed by atoms with Crippen LogP contribution in [0, 0.1) is 5.82 Å². The molecule has 2 nitrogen and oxygen atoms in total. The van der Waals surface area contributed by atoms with Crippen LogP contribution in [-0.2, 0) is 9.31 Å². The fourth-order valence-electron chi connectivity index (χ4n) is 1.72. The van der Waals surface area contributed by atoms with Gasteiger partial charge in [0.05, 0.1) is 15.7 Å². The van der Waals surface area contributed by atoms with Gasteiger partial charge in [-0.25, -0.2) is 4.39 Å². The van der Waals surface area contributed by atoms with Gasteiger partial charge in [0.2, 0.25) is 0 Å². The quantitative estimate of drug-likeness (QED) is 0.577. The van der Waals surface area contributed by atoms with Crippen molar-refractivity contribution in [3.05, 3.63) is 27.4 Å². The van der Waals surface area contributed by atoms with Crippen molar-refractivity contribution in [1.82, 2.24) is 0 Å². The Hall–Kier alpha value is -0.0951. The van der Waals surface area contributed by atoms with Gasteiger partial charge in [-0.05, 0) is 55.8 Å². The number of rotatable bonds is 1. The highest BCUT2D eigenvalue weighted by molar-refractivity contribution is 9.10. The third-order valence-corrected chi connectivity index (χ3v) is 4.51. The molecule has 0 atom stereocenters. The smallest absolute Gasteiger partial charge is 0.399 e. The standard InChI is InChI=1S/C12H14BBrClFO2/c1-11(2)12(3,4)18-13(17-11)9-8(15)6-5-7(14)10(9)16/h5-6H,1-4H3. The summed E-state index contributed by atoms with van der Waals surface area (Å²) in [6, 6.07) is 3.18. The van der Waals surface area contributed by atoms with Gasteiger partial charge in [0.1, 0.15) is 5.82 Å². The Kier molecular flexibility index (Phi) is 3.56. The summed E-state index contributed by atoms with van der Waals surface area (Å²) in [5, 5.41) is 0.300. The SMILES string of the molecule is CC1(C)OB(c2c(Cl)ccc(Br)c2F)OC1(C)C. The topological polar surface area (TPSA) is 18.5 Å². The van der Waals surface area contributed by atoms with Crippen LogP contribution in [0.1, 0.15) is 27.7 Å². The largest absolute Gasteiger partial charge is 0.499 e. The lowest BCUT2D eigenvalue weighted by Crippen LogP contribution is -2.41. The van der Waals surface area contributed by atoms with Crippen molar-refractivity contribution >= 4 is 40.1 Å². The van der Waals surface area contributed by atoms with Gasteiger partial charge in [-0.1, -0.05) is 11.6 Å². The summed E-state index contributed by atoms with van der Waals surface area (Å²) in [5.41, 5.74) is -0.796. The van der Waals surface area contributed by atoms with E-state index in [1.807, 2.05) is 27.7 Å². The van der Waals surface area contributed by atoms with E-state index >= 15 is 0 Å². The van der Waals surface area contributed by atoms with Crippen LogP contribution in [0.25, 0.3) is 0 Å². The molecule has 2 rings (SSSR count). The molecule has 1 aromatic carbocycles. The van der Waals surface area contributed by atoms with Crippen LogP contribution in [0.4, 0.5) is 4.39 Å². The second-order valence-corrected chi connectivity index (χ2v) is 6.61. The summed E-state index contributed by atoms with van der Waals surface area (Å²) < 4.78 is 26.1. The molecular weight excluding hydrogens is 321 g/mol. The first-order chi connectivity index (χ1) is 8.16. The molecule has 0 radical (unpaired) electrons. The van der Waals surface area contributed by atoms with Crippen LogP contribution in [0.5, 0.6) is 0 Å². The van der Waals surface area contributed by atoms with Crippen LogP contribution in [0.3, 0.4) is 0 Å². The maximum absolute atomic E-state index is 14.1. The van der Waals surface area contributed by atoms with Gasteiger partial charge in [-0.2, -0.15) is 0 Å². The first-order valence-corrected chi connectivity index (χ1v) is 6.82. The van der Waals surface area contributed by atoms with E-state index in [0.29, 0.717) is 9.50 Å². The van der Waals surface area contributed by atoms with Crippen molar-refractivity contribution in [3.63, 3.8) is 0 Å². The monoisotopic (exact) mass is 334 g/mol. The highest BCUT2D eigenvalue weighted by atomic mass is 79.9. The Labute approximate surface area is 120 Å². The van der Waals surface area contributed by atoms with Gasteiger partial charge in [0.25, 0.3) is 0 Å². The third-order valence-electron chi connectivity index (χ3n) is 3.57. The summed E-state index contributed by atoms with van der Waals surface area (Å²) in [5.74, 6) is -0.444. The van der Waals surface area contributed by atoms with Gasteiger partial charge < -0.3 is 9.31 Å². The zero-order valence-corrected chi connectivity index (χ0v) is 13.0. The summed E-state index contributed by atoms with van der Waals surface area (Å²) in [6.45, 7) is 7.65.